The van der Waals surface area contributed by atoms with E-state index in [0.29, 0.717) is 12.8 Å². The number of Topliss-reactive ketones (excluding diaryl/α,β-unsaturated/α-hetero) is 1. The van der Waals surface area contributed by atoms with Gasteiger partial charge in [0, 0.05) is 6.42 Å². The van der Waals surface area contributed by atoms with Crippen LogP contribution in [-0.2, 0) is 20.7 Å². The van der Waals surface area contributed by atoms with E-state index in [1.807, 2.05) is 24.3 Å². The number of ether oxygens (including phenoxy) is 1. The van der Waals surface area contributed by atoms with Gasteiger partial charge in [0.25, 0.3) is 0 Å². The largest absolute Gasteiger partial charge is 0.544 e. The number of rotatable bonds is 9. The molecule has 0 aliphatic heterocycles. The first-order chi connectivity index (χ1) is 11.9. The van der Waals surface area contributed by atoms with Crippen LogP contribution in [0.3, 0.4) is 0 Å². The van der Waals surface area contributed by atoms with E-state index in [-0.39, 0.29) is 23.7 Å². The van der Waals surface area contributed by atoms with Crippen molar-refractivity contribution in [3.63, 3.8) is 0 Å². The molecule has 0 spiro atoms. The summed E-state index contributed by atoms with van der Waals surface area (Å²) in [4.78, 5) is 22.7. The summed E-state index contributed by atoms with van der Waals surface area (Å²) in [5.41, 5.74) is 1.08. The Morgan fingerprint density at radius 1 is 1.15 bits per heavy atom. The Morgan fingerprint density at radius 2 is 1.73 bits per heavy atom. The molecule has 1 atom stereocenters. The van der Waals surface area contributed by atoms with Gasteiger partial charge in [0.2, 0.25) is 8.32 Å². The van der Waals surface area contributed by atoms with Gasteiger partial charge in [-0.05, 0) is 48.7 Å². The fourth-order valence-corrected chi connectivity index (χ4v) is 3.21. The molecule has 0 aliphatic carbocycles. The molecule has 1 aromatic rings. The van der Waals surface area contributed by atoms with Gasteiger partial charge in [-0.3, -0.25) is 9.59 Å². The Balaban J connectivity index is 2.50. The zero-order valence-electron chi connectivity index (χ0n) is 16.8. The van der Waals surface area contributed by atoms with Crippen LogP contribution in [0.15, 0.2) is 24.3 Å². The lowest BCUT2D eigenvalue weighted by Gasteiger charge is -2.36. The van der Waals surface area contributed by atoms with Crippen molar-refractivity contribution in [2.45, 2.75) is 70.7 Å². The lowest BCUT2D eigenvalue weighted by atomic mass is 10.0. The van der Waals surface area contributed by atoms with Crippen LogP contribution in [0.25, 0.3) is 0 Å². The minimum absolute atomic E-state index is 0.0261. The van der Waals surface area contributed by atoms with Crippen molar-refractivity contribution in [3.8, 4) is 5.75 Å². The van der Waals surface area contributed by atoms with E-state index in [0.717, 1.165) is 11.3 Å². The maximum atomic E-state index is 11.6. The number of methoxy groups -OCH3 is 1. The van der Waals surface area contributed by atoms with Crippen LogP contribution >= 0.6 is 0 Å². The molecule has 1 rings (SSSR count). The standard InChI is InChI=1S/C20H32O5Si/c1-20(2,3)26(5,6)25-18-11-8-15(9-12-18)7-10-16(21)13-17(22)14-19(23)24-4/h8-9,11-12,16,21H,7,10,13-14H2,1-6H3. The molecule has 1 N–H and O–H groups in total. The van der Waals surface area contributed by atoms with Crippen LogP contribution in [0.5, 0.6) is 5.75 Å². The number of hydrogen-bond donors (Lipinski definition) is 1. The highest BCUT2D eigenvalue weighted by Gasteiger charge is 2.38. The average molecular weight is 381 g/mol. The van der Waals surface area contributed by atoms with Gasteiger partial charge in [-0.1, -0.05) is 32.9 Å². The third kappa shape index (κ3) is 7.29. The van der Waals surface area contributed by atoms with Crippen LogP contribution in [0, 0.1) is 0 Å². The molecule has 0 fully saturated rings. The molecular formula is C20H32O5Si. The number of ketones is 1. The number of aliphatic hydroxyl groups excluding tert-OH is 1. The minimum Gasteiger partial charge on any atom is -0.544 e. The van der Waals surface area contributed by atoms with Crippen molar-refractivity contribution in [2.75, 3.05) is 7.11 Å². The quantitative estimate of drug-likeness (QED) is 0.400. The van der Waals surface area contributed by atoms with E-state index in [1.165, 1.54) is 7.11 Å². The summed E-state index contributed by atoms with van der Waals surface area (Å²) in [6.07, 6.45) is 0.0622. The smallest absolute Gasteiger partial charge is 0.313 e. The Bertz CT molecular complexity index is 602. The number of aryl methyl sites for hydroxylation is 1. The van der Waals surface area contributed by atoms with E-state index >= 15 is 0 Å². The summed E-state index contributed by atoms with van der Waals surface area (Å²) >= 11 is 0. The molecule has 146 valence electrons. The molecule has 0 heterocycles. The van der Waals surface area contributed by atoms with Gasteiger partial charge in [-0.15, -0.1) is 0 Å². The molecule has 1 aromatic carbocycles. The lowest BCUT2D eigenvalue weighted by Crippen LogP contribution is -2.43. The molecule has 6 heteroatoms. The topological polar surface area (TPSA) is 72.8 Å². The highest BCUT2D eigenvalue weighted by molar-refractivity contribution is 6.74. The zero-order chi connectivity index (χ0) is 20.0. The summed E-state index contributed by atoms with van der Waals surface area (Å²) in [5.74, 6) is -0.00358. The highest BCUT2D eigenvalue weighted by Crippen LogP contribution is 2.37. The second kappa shape index (κ2) is 9.32. The van der Waals surface area contributed by atoms with Gasteiger partial charge >= 0.3 is 5.97 Å². The predicted octanol–water partition coefficient (Wildman–Crippen LogP) is 3.89. The highest BCUT2D eigenvalue weighted by atomic mass is 28.4. The first kappa shape index (κ1) is 22.4. The first-order valence-corrected chi connectivity index (χ1v) is 11.9. The van der Waals surface area contributed by atoms with Gasteiger partial charge in [0.15, 0.2) is 0 Å². The summed E-state index contributed by atoms with van der Waals surface area (Å²) in [5, 5.41) is 10.1. The Kier molecular flexibility index (Phi) is 8.03. The lowest BCUT2D eigenvalue weighted by molar-refractivity contribution is -0.143. The van der Waals surface area contributed by atoms with Crippen LogP contribution in [0.2, 0.25) is 18.1 Å². The molecule has 0 saturated heterocycles. The SMILES string of the molecule is COC(=O)CC(=O)CC(O)CCc1ccc(O[Si](C)(C)C(C)(C)C)cc1. The molecule has 1 unspecified atom stereocenters. The maximum absolute atomic E-state index is 11.6. The second-order valence-corrected chi connectivity index (χ2v) is 12.9. The molecule has 0 aliphatic rings. The fourth-order valence-electron chi connectivity index (χ4n) is 2.18. The van der Waals surface area contributed by atoms with Crippen molar-refractivity contribution in [1.29, 1.82) is 0 Å². The van der Waals surface area contributed by atoms with Gasteiger partial charge in [-0.2, -0.15) is 0 Å². The van der Waals surface area contributed by atoms with Crippen LogP contribution in [0.4, 0.5) is 0 Å². The normalized spacial score (nSPS) is 13.2. The number of esters is 1. The molecule has 0 amide bonds. The number of aliphatic hydroxyl groups is 1. The average Bonchev–Trinajstić information content (AvgIpc) is 2.52. The molecule has 0 radical (unpaired) electrons. The number of benzene rings is 1. The number of carbonyl (C=O) groups is 2. The van der Waals surface area contributed by atoms with Crippen LogP contribution in [-0.4, -0.2) is 38.4 Å². The zero-order valence-corrected chi connectivity index (χ0v) is 17.8. The minimum atomic E-state index is -1.85. The van der Waals surface area contributed by atoms with Crippen molar-refractivity contribution in [1.82, 2.24) is 0 Å². The molecule has 26 heavy (non-hydrogen) atoms. The number of hydrogen-bond acceptors (Lipinski definition) is 5. The predicted molar refractivity (Wildman–Crippen MR) is 105 cm³/mol. The van der Waals surface area contributed by atoms with Gasteiger partial charge in [-0.25, -0.2) is 0 Å². The molecule has 0 aromatic heterocycles. The first-order valence-electron chi connectivity index (χ1n) is 8.99. The molecule has 0 bridgehead atoms. The third-order valence-corrected chi connectivity index (χ3v) is 9.26. The Labute approximate surface area is 157 Å². The van der Waals surface area contributed by atoms with Crippen molar-refractivity contribution < 1.29 is 23.9 Å². The summed E-state index contributed by atoms with van der Waals surface area (Å²) in [6.45, 7) is 11.0. The van der Waals surface area contributed by atoms with Gasteiger partial charge in [0.1, 0.15) is 18.0 Å². The van der Waals surface area contributed by atoms with Crippen molar-refractivity contribution >= 4 is 20.1 Å². The van der Waals surface area contributed by atoms with Crippen molar-refractivity contribution in [3.05, 3.63) is 29.8 Å². The second-order valence-electron chi connectivity index (χ2n) is 8.19. The number of carbonyl (C=O) groups excluding carboxylic acids is 2. The van der Waals surface area contributed by atoms with Crippen molar-refractivity contribution in [2.24, 2.45) is 0 Å². The van der Waals surface area contributed by atoms with E-state index in [4.69, 9.17) is 4.43 Å². The van der Waals surface area contributed by atoms with E-state index in [9.17, 15) is 14.7 Å². The Hall–Kier alpha value is -1.66. The summed E-state index contributed by atoms with van der Waals surface area (Å²) < 4.78 is 10.7. The van der Waals surface area contributed by atoms with Gasteiger partial charge < -0.3 is 14.3 Å². The monoisotopic (exact) mass is 380 g/mol. The van der Waals surface area contributed by atoms with E-state index < -0.39 is 20.4 Å². The molecule has 5 nitrogen and oxygen atoms in total. The fraction of sp³-hybridized carbons (Fsp3) is 0.600. The van der Waals surface area contributed by atoms with E-state index in [1.54, 1.807) is 0 Å². The van der Waals surface area contributed by atoms with Crippen LogP contribution in [0.1, 0.15) is 45.6 Å². The summed E-state index contributed by atoms with van der Waals surface area (Å²) in [7, 11) is -0.609. The van der Waals surface area contributed by atoms with Gasteiger partial charge in [0.05, 0.1) is 13.2 Å². The van der Waals surface area contributed by atoms with E-state index in [2.05, 4.69) is 38.6 Å². The third-order valence-electron chi connectivity index (χ3n) is 4.90. The Morgan fingerprint density at radius 3 is 2.23 bits per heavy atom. The maximum Gasteiger partial charge on any atom is 0.313 e. The van der Waals surface area contributed by atoms with Crippen LogP contribution < -0.4 is 4.43 Å². The molecule has 0 saturated carbocycles. The molecular weight excluding hydrogens is 348 g/mol. The summed E-state index contributed by atoms with van der Waals surface area (Å²) in [6, 6.07) is 7.91.